The van der Waals surface area contributed by atoms with Crippen LogP contribution in [-0.4, -0.2) is 20.1 Å². The first kappa shape index (κ1) is 19.3. The summed E-state index contributed by atoms with van der Waals surface area (Å²) in [5.74, 6) is 1.30. The lowest BCUT2D eigenvalue weighted by Gasteiger charge is -2.10. The third-order valence-electron chi connectivity index (χ3n) is 4.71. The zero-order valence-electron chi connectivity index (χ0n) is 16.5. The predicted molar refractivity (Wildman–Crippen MR) is 115 cm³/mol. The summed E-state index contributed by atoms with van der Waals surface area (Å²) < 4.78 is 16.4. The number of ether oxygens (including phenoxy) is 2. The van der Waals surface area contributed by atoms with Crippen LogP contribution in [0.15, 0.2) is 82.0 Å². The van der Waals surface area contributed by atoms with E-state index in [-0.39, 0.29) is 11.3 Å². The van der Waals surface area contributed by atoms with Crippen molar-refractivity contribution >= 4 is 22.6 Å². The van der Waals surface area contributed by atoms with Crippen molar-refractivity contribution in [1.82, 2.24) is 0 Å². The molecule has 0 saturated heterocycles. The van der Waals surface area contributed by atoms with Gasteiger partial charge in [-0.3, -0.25) is 9.59 Å². The second-order valence-corrected chi connectivity index (χ2v) is 6.57. The van der Waals surface area contributed by atoms with Gasteiger partial charge in [-0.25, -0.2) is 0 Å². The number of para-hydroxylation sites is 1. The quantitative estimate of drug-likeness (QED) is 0.523. The van der Waals surface area contributed by atoms with Gasteiger partial charge in [-0.1, -0.05) is 12.1 Å². The minimum Gasteiger partial charge on any atom is -0.497 e. The zero-order chi connectivity index (χ0) is 21.1. The third-order valence-corrected chi connectivity index (χ3v) is 4.71. The van der Waals surface area contributed by atoms with Crippen LogP contribution >= 0.6 is 0 Å². The maximum Gasteiger partial charge on any atom is 0.259 e. The number of methoxy groups -OCH3 is 2. The molecule has 1 heterocycles. The second kappa shape index (κ2) is 8.13. The molecule has 1 aromatic heterocycles. The van der Waals surface area contributed by atoms with Gasteiger partial charge in [0.25, 0.3) is 5.91 Å². The largest absolute Gasteiger partial charge is 0.497 e. The highest BCUT2D eigenvalue weighted by Crippen LogP contribution is 2.26. The lowest BCUT2D eigenvalue weighted by Crippen LogP contribution is -2.13. The average Bonchev–Trinajstić information content (AvgIpc) is 2.78. The number of benzene rings is 3. The van der Waals surface area contributed by atoms with E-state index in [4.69, 9.17) is 13.9 Å². The monoisotopic (exact) mass is 401 g/mol. The number of rotatable bonds is 5. The summed E-state index contributed by atoms with van der Waals surface area (Å²) in [6.07, 6.45) is 0. The van der Waals surface area contributed by atoms with Crippen LogP contribution in [0.25, 0.3) is 22.3 Å². The Morgan fingerprint density at radius 3 is 2.40 bits per heavy atom. The van der Waals surface area contributed by atoms with Crippen LogP contribution in [0, 0.1) is 0 Å². The molecule has 6 heteroatoms. The summed E-state index contributed by atoms with van der Waals surface area (Å²) in [6, 6.07) is 20.6. The molecule has 1 N–H and O–H groups in total. The molecule has 1 amide bonds. The Bertz CT molecular complexity index is 1280. The SMILES string of the molecule is COc1ccc(-c2cc(=O)c3ccc(NC(=O)c4ccccc4OC)cc3o2)cc1. The minimum absolute atomic E-state index is 0.162. The molecule has 0 aliphatic carbocycles. The molecule has 0 saturated carbocycles. The summed E-state index contributed by atoms with van der Waals surface area (Å²) >= 11 is 0. The van der Waals surface area contributed by atoms with Gasteiger partial charge in [0.15, 0.2) is 5.43 Å². The summed E-state index contributed by atoms with van der Waals surface area (Å²) in [5, 5.41) is 3.25. The fourth-order valence-corrected chi connectivity index (χ4v) is 3.16. The molecule has 0 unspecified atom stereocenters. The van der Waals surface area contributed by atoms with Gasteiger partial charge in [0.05, 0.1) is 25.2 Å². The van der Waals surface area contributed by atoms with Gasteiger partial charge in [-0.2, -0.15) is 0 Å². The van der Waals surface area contributed by atoms with Crippen LogP contribution in [-0.2, 0) is 0 Å². The van der Waals surface area contributed by atoms with E-state index in [2.05, 4.69) is 5.32 Å². The van der Waals surface area contributed by atoms with Crippen LogP contribution in [0.3, 0.4) is 0 Å². The van der Waals surface area contributed by atoms with Gasteiger partial charge < -0.3 is 19.2 Å². The molecule has 0 fully saturated rings. The first-order chi connectivity index (χ1) is 14.6. The van der Waals surface area contributed by atoms with E-state index in [0.717, 1.165) is 5.56 Å². The van der Waals surface area contributed by atoms with E-state index in [1.165, 1.54) is 13.2 Å². The number of nitrogens with one attached hydrogen (secondary N) is 1. The average molecular weight is 401 g/mol. The summed E-state index contributed by atoms with van der Waals surface area (Å²) in [4.78, 5) is 25.2. The number of carbonyl (C=O) groups is 1. The first-order valence-corrected chi connectivity index (χ1v) is 9.26. The lowest BCUT2D eigenvalue weighted by atomic mass is 10.1. The molecule has 0 aliphatic heterocycles. The Hall–Kier alpha value is -4.06. The van der Waals surface area contributed by atoms with Crippen molar-refractivity contribution in [1.29, 1.82) is 0 Å². The van der Waals surface area contributed by atoms with Crippen molar-refractivity contribution in [2.24, 2.45) is 0 Å². The Labute approximate surface area is 172 Å². The van der Waals surface area contributed by atoms with E-state index in [0.29, 0.717) is 39.5 Å². The summed E-state index contributed by atoms with van der Waals surface area (Å²) in [5.41, 5.74) is 1.89. The smallest absolute Gasteiger partial charge is 0.259 e. The van der Waals surface area contributed by atoms with Crippen LogP contribution in [0.4, 0.5) is 5.69 Å². The number of carbonyl (C=O) groups excluding carboxylic acids is 1. The normalized spacial score (nSPS) is 10.6. The maximum atomic E-state index is 12.7. The Balaban J connectivity index is 1.69. The molecule has 30 heavy (non-hydrogen) atoms. The summed E-state index contributed by atoms with van der Waals surface area (Å²) in [7, 11) is 3.10. The Kier molecular flexibility index (Phi) is 5.22. The first-order valence-electron chi connectivity index (χ1n) is 9.26. The minimum atomic E-state index is -0.319. The molecule has 0 atom stereocenters. The van der Waals surface area contributed by atoms with Gasteiger partial charge in [0, 0.05) is 23.4 Å². The van der Waals surface area contributed by atoms with E-state index >= 15 is 0 Å². The van der Waals surface area contributed by atoms with Crippen LogP contribution < -0.4 is 20.2 Å². The second-order valence-electron chi connectivity index (χ2n) is 6.57. The van der Waals surface area contributed by atoms with Crippen LogP contribution in [0.2, 0.25) is 0 Å². The van der Waals surface area contributed by atoms with Crippen LogP contribution in [0.1, 0.15) is 10.4 Å². The number of hydrogen-bond donors (Lipinski definition) is 1. The van der Waals surface area contributed by atoms with Crippen molar-refractivity contribution in [3.63, 3.8) is 0 Å². The van der Waals surface area contributed by atoms with Crippen molar-refractivity contribution in [3.05, 3.63) is 88.6 Å². The van der Waals surface area contributed by atoms with Crippen molar-refractivity contribution in [2.75, 3.05) is 19.5 Å². The van der Waals surface area contributed by atoms with E-state index in [1.807, 2.05) is 12.1 Å². The van der Waals surface area contributed by atoms with E-state index in [1.54, 1.807) is 61.7 Å². The maximum absolute atomic E-state index is 12.7. The van der Waals surface area contributed by atoms with Gasteiger partial charge in [-0.15, -0.1) is 0 Å². The highest BCUT2D eigenvalue weighted by Gasteiger charge is 2.13. The Morgan fingerprint density at radius 2 is 1.67 bits per heavy atom. The molecule has 0 spiro atoms. The number of hydrogen-bond acceptors (Lipinski definition) is 5. The van der Waals surface area contributed by atoms with Crippen molar-refractivity contribution in [2.45, 2.75) is 0 Å². The topological polar surface area (TPSA) is 77.8 Å². The highest BCUT2D eigenvalue weighted by atomic mass is 16.5. The van der Waals surface area contributed by atoms with Crippen molar-refractivity contribution in [3.8, 4) is 22.8 Å². The fraction of sp³-hybridized carbons (Fsp3) is 0.0833. The molecular formula is C24H19NO5. The zero-order valence-corrected chi connectivity index (χ0v) is 16.5. The number of anilines is 1. The van der Waals surface area contributed by atoms with Crippen molar-refractivity contribution < 1.29 is 18.7 Å². The van der Waals surface area contributed by atoms with Gasteiger partial charge in [0.2, 0.25) is 0 Å². The van der Waals surface area contributed by atoms with E-state index in [9.17, 15) is 9.59 Å². The standard InChI is InChI=1S/C24H19NO5/c1-28-17-10-7-15(8-11-17)22-14-20(26)18-12-9-16(13-23(18)30-22)25-24(27)19-5-3-4-6-21(19)29-2/h3-14H,1-2H3,(H,25,27). The Morgan fingerprint density at radius 1 is 0.900 bits per heavy atom. The number of fused-ring (bicyclic) bond motifs is 1. The molecule has 3 aromatic carbocycles. The molecule has 0 aliphatic rings. The van der Waals surface area contributed by atoms with E-state index < -0.39 is 0 Å². The van der Waals surface area contributed by atoms with Gasteiger partial charge in [-0.05, 0) is 48.5 Å². The molecule has 4 rings (SSSR count). The summed E-state index contributed by atoms with van der Waals surface area (Å²) in [6.45, 7) is 0. The predicted octanol–water partition coefficient (Wildman–Crippen LogP) is 4.73. The molecular weight excluding hydrogens is 382 g/mol. The lowest BCUT2D eigenvalue weighted by molar-refractivity contribution is 0.102. The molecule has 0 bridgehead atoms. The highest BCUT2D eigenvalue weighted by molar-refractivity contribution is 6.06. The van der Waals surface area contributed by atoms with Gasteiger partial charge in [0.1, 0.15) is 22.8 Å². The number of amides is 1. The third kappa shape index (κ3) is 3.75. The molecule has 150 valence electrons. The molecule has 4 aromatic rings. The van der Waals surface area contributed by atoms with Gasteiger partial charge >= 0.3 is 0 Å². The molecule has 0 radical (unpaired) electrons. The van der Waals surface area contributed by atoms with Crippen LogP contribution in [0.5, 0.6) is 11.5 Å². The fourth-order valence-electron chi connectivity index (χ4n) is 3.16. The molecule has 6 nitrogen and oxygen atoms in total.